The number of nitrogens with zero attached hydrogens (tertiary/aromatic N) is 4. The van der Waals surface area contributed by atoms with Crippen molar-refractivity contribution in [2.24, 2.45) is 0 Å². The number of amides is 1. The zero-order valence-electron chi connectivity index (χ0n) is 13.5. The highest BCUT2D eigenvalue weighted by molar-refractivity contribution is 5.92. The summed E-state index contributed by atoms with van der Waals surface area (Å²) in [6.45, 7) is 6.59. The topological polar surface area (TPSA) is 81.4 Å². The van der Waals surface area contributed by atoms with Crippen molar-refractivity contribution in [1.29, 1.82) is 0 Å². The minimum absolute atomic E-state index is 0.100. The SMILES string of the molecule is CCc1ccnc(C(=O)N2C[C@@H](C)O[C@@H](c3nnc(C)o3)C2)c1. The van der Waals surface area contributed by atoms with Crippen LogP contribution < -0.4 is 0 Å². The number of carbonyl (C=O) groups is 1. The van der Waals surface area contributed by atoms with Crippen LogP contribution in [0.15, 0.2) is 22.7 Å². The first-order valence-electron chi connectivity index (χ1n) is 7.76. The Kier molecular flexibility index (Phi) is 4.38. The fourth-order valence-corrected chi connectivity index (χ4v) is 2.67. The van der Waals surface area contributed by atoms with E-state index >= 15 is 0 Å². The lowest BCUT2D eigenvalue weighted by molar-refractivity contribution is -0.0797. The van der Waals surface area contributed by atoms with Gasteiger partial charge < -0.3 is 14.1 Å². The predicted octanol–water partition coefficient (Wildman–Crippen LogP) is 1.94. The maximum Gasteiger partial charge on any atom is 0.272 e. The Morgan fingerprint density at radius 1 is 1.39 bits per heavy atom. The third-order valence-electron chi connectivity index (χ3n) is 3.82. The fourth-order valence-electron chi connectivity index (χ4n) is 2.67. The van der Waals surface area contributed by atoms with E-state index in [1.807, 2.05) is 26.0 Å². The van der Waals surface area contributed by atoms with Crippen LogP contribution >= 0.6 is 0 Å². The molecule has 122 valence electrons. The molecule has 7 heteroatoms. The van der Waals surface area contributed by atoms with Gasteiger partial charge in [0, 0.05) is 19.7 Å². The van der Waals surface area contributed by atoms with E-state index in [4.69, 9.17) is 9.15 Å². The van der Waals surface area contributed by atoms with E-state index in [-0.39, 0.29) is 12.0 Å². The molecule has 0 aliphatic carbocycles. The van der Waals surface area contributed by atoms with Gasteiger partial charge in [-0.2, -0.15) is 0 Å². The van der Waals surface area contributed by atoms with Crippen LogP contribution in [0.3, 0.4) is 0 Å². The van der Waals surface area contributed by atoms with Gasteiger partial charge in [0.1, 0.15) is 5.69 Å². The molecule has 23 heavy (non-hydrogen) atoms. The monoisotopic (exact) mass is 316 g/mol. The molecule has 2 aromatic rings. The smallest absolute Gasteiger partial charge is 0.272 e. The van der Waals surface area contributed by atoms with Gasteiger partial charge in [0.25, 0.3) is 5.91 Å². The van der Waals surface area contributed by atoms with Gasteiger partial charge in [-0.05, 0) is 31.0 Å². The Labute approximate surface area is 134 Å². The summed E-state index contributed by atoms with van der Waals surface area (Å²) in [5.74, 6) is 0.788. The van der Waals surface area contributed by atoms with E-state index in [9.17, 15) is 4.79 Å². The average Bonchev–Trinajstić information content (AvgIpc) is 3.00. The van der Waals surface area contributed by atoms with Crippen LogP contribution in [0.25, 0.3) is 0 Å². The predicted molar refractivity (Wildman–Crippen MR) is 81.8 cm³/mol. The quantitative estimate of drug-likeness (QED) is 0.860. The lowest BCUT2D eigenvalue weighted by Gasteiger charge is -2.35. The van der Waals surface area contributed by atoms with Crippen molar-refractivity contribution in [3.05, 3.63) is 41.4 Å². The van der Waals surface area contributed by atoms with E-state index in [1.54, 1.807) is 18.0 Å². The van der Waals surface area contributed by atoms with Gasteiger partial charge in [-0.25, -0.2) is 0 Å². The number of pyridine rings is 1. The second kappa shape index (κ2) is 6.45. The van der Waals surface area contributed by atoms with Gasteiger partial charge in [0.15, 0.2) is 6.10 Å². The molecule has 3 heterocycles. The summed E-state index contributed by atoms with van der Waals surface area (Å²) < 4.78 is 11.3. The minimum atomic E-state index is -0.404. The summed E-state index contributed by atoms with van der Waals surface area (Å²) in [5.41, 5.74) is 1.55. The van der Waals surface area contributed by atoms with Crippen LogP contribution in [0, 0.1) is 6.92 Å². The van der Waals surface area contributed by atoms with Gasteiger partial charge in [-0.3, -0.25) is 9.78 Å². The summed E-state index contributed by atoms with van der Waals surface area (Å²) in [7, 11) is 0. The molecule has 0 spiro atoms. The van der Waals surface area contributed by atoms with E-state index in [0.29, 0.717) is 30.6 Å². The maximum absolute atomic E-state index is 12.7. The van der Waals surface area contributed by atoms with E-state index in [0.717, 1.165) is 12.0 Å². The summed E-state index contributed by atoms with van der Waals surface area (Å²) >= 11 is 0. The number of aromatic nitrogens is 3. The van der Waals surface area contributed by atoms with Gasteiger partial charge >= 0.3 is 0 Å². The van der Waals surface area contributed by atoms with Crippen molar-refractivity contribution < 1.29 is 13.9 Å². The molecule has 1 saturated heterocycles. The van der Waals surface area contributed by atoms with Crippen molar-refractivity contribution in [3.8, 4) is 0 Å². The summed E-state index contributed by atoms with van der Waals surface area (Å²) in [5, 5.41) is 7.83. The summed E-state index contributed by atoms with van der Waals surface area (Å²) in [6, 6.07) is 3.76. The van der Waals surface area contributed by atoms with Crippen molar-refractivity contribution in [3.63, 3.8) is 0 Å². The number of carbonyl (C=O) groups excluding carboxylic acids is 1. The normalized spacial score (nSPS) is 21.4. The molecule has 1 aliphatic heterocycles. The number of hydrogen-bond donors (Lipinski definition) is 0. The standard InChI is InChI=1S/C16H20N4O3/c1-4-12-5-6-17-13(7-12)16(21)20-8-10(2)22-14(9-20)15-19-18-11(3)23-15/h5-7,10,14H,4,8-9H2,1-3H3/t10-,14-/m1/s1. The van der Waals surface area contributed by atoms with Crippen LogP contribution in [0.4, 0.5) is 0 Å². The number of hydrogen-bond acceptors (Lipinski definition) is 6. The average molecular weight is 316 g/mol. The van der Waals surface area contributed by atoms with Crippen LogP contribution in [0.2, 0.25) is 0 Å². The van der Waals surface area contributed by atoms with Gasteiger partial charge in [-0.1, -0.05) is 6.92 Å². The minimum Gasteiger partial charge on any atom is -0.423 e. The highest BCUT2D eigenvalue weighted by Gasteiger charge is 2.33. The lowest BCUT2D eigenvalue weighted by atomic mass is 10.1. The van der Waals surface area contributed by atoms with E-state index in [2.05, 4.69) is 15.2 Å². The number of rotatable bonds is 3. The Morgan fingerprint density at radius 2 is 2.22 bits per heavy atom. The van der Waals surface area contributed by atoms with Crippen molar-refractivity contribution in [1.82, 2.24) is 20.1 Å². The highest BCUT2D eigenvalue weighted by atomic mass is 16.5. The lowest BCUT2D eigenvalue weighted by Crippen LogP contribution is -2.46. The van der Waals surface area contributed by atoms with E-state index < -0.39 is 6.10 Å². The molecule has 0 bridgehead atoms. The molecule has 0 aromatic carbocycles. The zero-order chi connectivity index (χ0) is 16.4. The molecule has 3 rings (SSSR count). The van der Waals surface area contributed by atoms with Crippen molar-refractivity contribution in [2.45, 2.75) is 39.4 Å². The highest BCUT2D eigenvalue weighted by Crippen LogP contribution is 2.25. The molecule has 1 fully saturated rings. The molecule has 0 radical (unpaired) electrons. The maximum atomic E-state index is 12.7. The molecule has 2 aromatic heterocycles. The second-order valence-electron chi connectivity index (χ2n) is 5.71. The van der Waals surface area contributed by atoms with Gasteiger partial charge in [0.2, 0.25) is 11.8 Å². The van der Waals surface area contributed by atoms with Crippen LogP contribution in [0.1, 0.15) is 47.8 Å². The second-order valence-corrected chi connectivity index (χ2v) is 5.71. The largest absolute Gasteiger partial charge is 0.423 e. The third-order valence-corrected chi connectivity index (χ3v) is 3.82. The van der Waals surface area contributed by atoms with Crippen LogP contribution in [-0.4, -0.2) is 45.2 Å². The van der Waals surface area contributed by atoms with Crippen molar-refractivity contribution in [2.75, 3.05) is 13.1 Å². The molecule has 2 atom stereocenters. The van der Waals surface area contributed by atoms with Gasteiger partial charge in [0.05, 0.1) is 12.6 Å². The third kappa shape index (κ3) is 3.39. The molecule has 0 N–H and O–H groups in total. The molecule has 7 nitrogen and oxygen atoms in total. The van der Waals surface area contributed by atoms with Gasteiger partial charge in [-0.15, -0.1) is 10.2 Å². The van der Waals surface area contributed by atoms with Crippen LogP contribution in [-0.2, 0) is 11.2 Å². The molecular formula is C16H20N4O3. The number of aryl methyl sites for hydroxylation is 2. The number of morpholine rings is 1. The molecule has 1 aliphatic rings. The van der Waals surface area contributed by atoms with E-state index in [1.165, 1.54) is 0 Å². The molecular weight excluding hydrogens is 296 g/mol. The Bertz CT molecular complexity index is 700. The Balaban J connectivity index is 1.79. The van der Waals surface area contributed by atoms with Crippen molar-refractivity contribution >= 4 is 5.91 Å². The molecule has 0 saturated carbocycles. The summed E-state index contributed by atoms with van der Waals surface area (Å²) in [4.78, 5) is 18.7. The zero-order valence-corrected chi connectivity index (χ0v) is 13.5. The Morgan fingerprint density at radius 3 is 2.91 bits per heavy atom. The molecule has 1 amide bonds. The fraction of sp³-hybridized carbons (Fsp3) is 0.500. The summed E-state index contributed by atoms with van der Waals surface area (Å²) in [6.07, 6.45) is 2.03. The Hall–Kier alpha value is -2.28. The first kappa shape index (κ1) is 15.6. The number of ether oxygens (including phenoxy) is 1. The van der Waals surface area contributed by atoms with Crippen LogP contribution in [0.5, 0.6) is 0 Å². The molecule has 0 unspecified atom stereocenters. The first-order valence-corrected chi connectivity index (χ1v) is 7.76. The first-order chi connectivity index (χ1) is 11.1.